The second-order valence-corrected chi connectivity index (χ2v) is 5.16. The highest BCUT2D eigenvalue weighted by atomic mass is 16.5. The summed E-state index contributed by atoms with van der Waals surface area (Å²) < 4.78 is 21.0. The first-order chi connectivity index (χ1) is 12.6. The fourth-order valence-corrected chi connectivity index (χ4v) is 2.30. The molecule has 134 valence electrons. The lowest BCUT2D eigenvalue weighted by atomic mass is 10.1. The van der Waals surface area contributed by atoms with Gasteiger partial charge in [-0.15, -0.1) is 5.10 Å². The Morgan fingerprint density at radius 3 is 2.46 bits per heavy atom. The van der Waals surface area contributed by atoms with E-state index in [2.05, 4.69) is 15.5 Å². The Hall–Kier alpha value is -3.55. The van der Waals surface area contributed by atoms with Gasteiger partial charge in [0.05, 0.1) is 26.9 Å². The van der Waals surface area contributed by atoms with Crippen LogP contribution in [-0.4, -0.2) is 37.4 Å². The zero-order chi connectivity index (χ0) is 18.5. The summed E-state index contributed by atoms with van der Waals surface area (Å²) in [5.41, 5.74) is 0.962. The second kappa shape index (κ2) is 7.56. The highest BCUT2D eigenvalue weighted by Gasteiger charge is 2.17. The molecule has 0 fully saturated rings. The first-order valence-electron chi connectivity index (χ1n) is 7.66. The first kappa shape index (κ1) is 17.3. The minimum atomic E-state index is -0.457. The number of nitrogens with zero attached hydrogens (tertiary/aromatic N) is 2. The Bertz CT molecular complexity index is 923. The number of carbonyl (C=O) groups is 1. The van der Waals surface area contributed by atoms with Crippen molar-refractivity contribution in [3.05, 3.63) is 48.0 Å². The molecule has 0 unspecified atom stereocenters. The molecule has 0 atom stereocenters. The van der Waals surface area contributed by atoms with Crippen molar-refractivity contribution in [2.45, 2.75) is 0 Å². The summed E-state index contributed by atoms with van der Waals surface area (Å²) in [4.78, 5) is 12.5. The third-order valence-corrected chi connectivity index (χ3v) is 3.61. The quantitative estimate of drug-likeness (QED) is 0.726. The van der Waals surface area contributed by atoms with Gasteiger partial charge in [0, 0.05) is 5.56 Å². The Kier molecular flexibility index (Phi) is 5.02. The summed E-state index contributed by atoms with van der Waals surface area (Å²) in [6.07, 6.45) is 0. The summed E-state index contributed by atoms with van der Waals surface area (Å²) >= 11 is 0. The van der Waals surface area contributed by atoms with Crippen molar-refractivity contribution in [2.24, 2.45) is 0 Å². The Labute approximate surface area is 149 Å². The van der Waals surface area contributed by atoms with Gasteiger partial charge in [0.2, 0.25) is 5.89 Å². The van der Waals surface area contributed by atoms with Gasteiger partial charge in [0.25, 0.3) is 5.91 Å². The Morgan fingerprint density at radius 2 is 1.73 bits per heavy atom. The lowest BCUT2D eigenvalue weighted by Crippen LogP contribution is -2.13. The minimum absolute atomic E-state index is 0.0299. The van der Waals surface area contributed by atoms with E-state index in [1.807, 2.05) is 0 Å². The van der Waals surface area contributed by atoms with E-state index in [9.17, 15) is 4.79 Å². The Morgan fingerprint density at radius 1 is 0.962 bits per heavy atom. The molecule has 0 saturated carbocycles. The predicted octanol–water partition coefficient (Wildman–Crippen LogP) is 3.01. The molecule has 3 aromatic rings. The molecule has 1 heterocycles. The van der Waals surface area contributed by atoms with Crippen molar-refractivity contribution >= 4 is 11.9 Å². The number of hydrogen-bond acceptors (Lipinski definition) is 7. The molecule has 0 aliphatic carbocycles. The minimum Gasteiger partial charge on any atom is -0.497 e. The number of benzene rings is 2. The fourth-order valence-electron chi connectivity index (χ4n) is 2.30. The van der Waals surface area contributed by atoms with Crippen molar-refractivity contribution in [2.75, 3.05) is 26.6 Å². The van der Waals surface area contributed by atoms with Gasteiger partial charge >= 0.3 is 6.01 Å². The maximum Gasteiger partial charge on any atom is 0.322 e. The summed E-state index contributed by atoms with van der Waals surface area (Å²) in [6.45, 7) is 0. The molecule has 1 amide bonds. The van der Waals surface area contributed by atoms with E-state index in [0.717, 1.165) is 0 Å². The number of anilines is 1. The van der Waals surface area contributed by atoms with E-state index in [1.54, 1.807) is 49.6 Å². The van der Waals surface area contributed by atoms with Crippen LogP contribution in [0.15, 0.2) is 46.9 Å². The van der Waals surface area contributed by atoms with Crippen molar-refractivity contribution in [1.82, 2.24) is 10.2 Å². The molecular formula is C18H17N3O5. The van der Waals surface area contributed by atoms with E-state index < -0.39 is 5.91 Å². The van der Waals surface area contributed by atoms with Gasteiger partial charge in [0.15, 0.2) is 0 Å². The fraction of sp³-hybridized carbons (Fsp3) is 0.167. The summed E-state index contributed by atoms with van der Waals surface area (Å²) in [5.74, 6) is 1.39. The predicted molar refractivity (Wildman–Crippen MR) is 93.8 cm³/mol. The SMILES string of the molecule is COc1cccc(-c2nnc(NC(=O)c3cc(OC)ccc3OC)o2)c1. The number of methoxy groups -OCH3 is 3. The van der Waals surface area contributed by atoms with Crippen molar-refractivity contribution < 1.29 is 23.4 Å². The first-order valence-corrected chi connectivity index (χ1v) is 7.66. The third-order valence-electron chi connectivity index (χ3n) is 3.61. The van der Waals surface area contributed by atoms with Crippen LogP contribution in [-0.2, 0) is 0 Å². The maximum absolute atomic E-state index is 12.5. The largest absolute Gasteiger partial charge is 0.497 e. The second-order valence-electron chi connectivity index (χ2n) is 5.16. The van der Waals surface area contributed by atoms with Crippen LogP contribution in [0.3, 0.4) is 0 Å². The van der Waals surface area contributed by atoms with Crippen LogP contribution < -0.4 is 19.5 Å². The molecule has 3 rings (SSSR count). The topological polar surface area (TPSA) is 95.7 Å². The number of rotatable bonds is 6. The molecule has 8 nitrogen and oxygen atoms in total. The molecule has 0 aliphatic rings. The number of carbonyl (C=O) groups excluding carboxylic acids is 1. The number of ether oxygens (including phenoxy) is 3. The van der Waals surface area contributed by atoms with Crippen LogP contribution in [0.25, 0.3) is 11.5 Å². The van der Waals surface area contributed by atoms with Gasteiger partial charge in [-0.05, 0) is 36.4 Å². The number of hydrogen-bond donors (Lipinski definition) is 1. The zero-order valence-corrected chi connectivity index (χ0v) is 14.5. The van der Waals surface area contributed by atoms with Gasteiger partial charge in [-0.3, -0.25) is 10.1 Å². The van der Waals surface area contributed by atoms with E-state index >= 15 is 0 Å². The lowest BCUT2D eigenvalue weighted by molar-refractivity contribution is 0.102. The average Bonchev–Trinajstić information content (AvgIpc) is 3.15. The molecule has 0 bridgehead atoms. The summed E-state index contributed by atoms with van der Waals surface area (Å²) in [6, 6.07) is 12.0. The molecule has 2 aromatic carbocycles. The number of aromatic nitrogens is 2. The van der Waals surface area contributed by atoms with Crippen LogP contribution in [0.4, 0.5) is 6.01 Å². The van der Waals surface area contributed by atoms with Crippen molar-refractivity contribution in [1.29, 1.82) is 0 Å². The summed E-state index contributed by atoms with van der Waals surface area (Å²) in [7, 11) is 4.56. The highest BCUT2D eigenvalue weighted by Crippen LogP contribution is 2.26. The molecular weight excluding hydrogens is 338 g/mol. The van der Waals surface area contributed by atoms with Crippen LogP contribution >= 0.6 is 0 Å². The average molecular weight is 355 g/mol. The molecule has 1 aromatic heterocycles. The van der Waals surface area contributed by atoms with Gasteiger partial charge in [-0.2, -0.15) is 0 Å². The van der Waals surface area contributed by atoms with E-state index in [1.165, 1.54) is 14.2 Å². The normalized spacial score (nSPS) is 10.3. The van der Waals surface area contributed by atoms with Crippen molar-refractivity contribution in [3.63, 3.8) is 0 Å². The van der Waals surface area contributed by atoms with E-state index in [4.69, 9.17) is 18.6 Å². The molecule has 1 N–H and O–H groups in total. The van der Waals surface area contributed by atoms with Crippen LogP contribution in [0.2, 0.25) is 0 Å². The molecule has 8 heteroatoms. The van der Waals surface area contributed by atoms with Crippen molar-refractivity contribution in [3.8, 4) is 28.7 Å². The lowest BCUT2D eigenvalue weighted by Gasteiger charge is -2.09. The molecule has 0 spiro atoms. The Balaban J connectivity index is 1.82. The number of nitrogens with one attached hydrogen (secondary N) is 1. The standard InChI is InChI=1S/C18H17N3O5/c1-23-12-6-4-5-11(9-12)17-20-21-18(26-17)19-16(22)14-10-13(24-2)7-8-15(14)25-3/h4-10H,1-3H3,(H,19,21,22). The monoisotopic (exact) mass is 355 g/mol. The molecule has 0 radical (unpaired) electrons. The molecule has 0 aliphatic heterocycles. The smallest absolute Gasteiger partial charge is 0.322 e. The number of amides is 1. The maximum atomic E-state index is 12.5. The van der Waals surface area contributed by atoms with Gasteiger partial charge in [-0.25, -0.2) is 0 Å². The third kappa shape index (κ3) is 3.59. The van der Waals surface area contributed by atoms with E-state index in [-0.39, 0.29) is 17.5 Å². The molecule has 26 heavy (non-hydrogen) atoms. The van der Waals surface area contributed by atoms with Gasteiger partial charge in [-0.1, -0.05) is 11.2 Å². The molecule has 0 saturated heterocycles. The van der Waals surface area contributed by atoms with Crippen LogP contribution in [0.1, 0.15) is 10.4 Å². The highest BCUT2D eigenvalue weighted by molar-refractivity contribution is 6.05. The van der Waals surface area contributed by atoms with Gasteiger partial charge < -0.3 is 18.6 Å². The summed E-state index contributed by atoms with van der Waals surface area (Å²) in [5, 5.41) is 10.3. The van der Waals surface area contributed by atoms with Gasteiger partial charge in [0.1, 0.15) is 17.2 Å². The van der Waals surface area contributed by atoms with Crippen LogP contribution in [0, 0.1) is 0 Å². The van der Waals surface area contributed by atoms with E-state index in [0.29, 0.717) is 22.8 Å². The van der Waals surface area contributed by atoms with Crippen LogP contribution in [0.5, 0.6) is 17.2 Å². The zero-order valence-electron chi connectivity index (χ0n) is 14.5.